The standard InChI is InChI=1S/C26H22FN3O2S/c1-15-23(26(32)30-18-9-7-17(27)8-10-18)25(19-5-2-3-11-28-19)24-20(29-15)13-16(14-21(24)31)22-6-4-12-33-22/h2-12,16,25,29H,13-14H2,1H3,(H,30,32). The zero-order valence-corrected chi connectivity index (χ0v) is 18.8. The van der Waals surface area contributed by atoms with Gasteiger partial charge in [0.25, 0.3) is 5.91 Å². The number of rotatable bonds is 4. The number of benzene rings is 1. The molecule has 33 heavy (non-hydrogen) atoms. The van der Waals surface area contributed by atoms with Gasteiger partial charge in [-0.3, -0.25) is 14.6 Å². The summed E-state index contributed by atoms with van der Waals surface area (Å²) in [5, 5.41) is 8.23. The lowest BCUT2D eigenvalue weighted by atomic mass is 9.73. The van der Waals surface area contributed by atoms with Gasteiger partial charge in [0, 0.05) is 51.6 Å². The van der Waals surface area contributed by atoms with Crippen molar-refractivity contribution in [1.29, 1.82) is 0 Å². The number of aromatic nitrogens is 1. The summed E-state index contributed by atoms with van der Waals surface area (Å²) >= 11 is 1.66. The summed E-state index contributed by atoms with van der Waals surface area (Å²) in [7, 11) is 0. The summed E-state index contributed by atoms with van der Waals surface area (Å²) in [6.45, 7) is 1.85. The number of nitrogens with one attached hydrogen (secondary N) is 2. The SMILES string of the molecule is CC1=C(C(=O)Nc2ccc(F)cc2)C(c2ccccn2)C2=C(CC(c3cccs3)CC2=O)N1. The number of hydrogen-bond donors (Lipinski definition) is 2. The fourth-order valence-corrected chi connectivity index (χ4v) is 5.47. The van der Waals surface area contributed by atoms with Crippen molar-refractivity contribution in [2.45, 2.75) is 31.6 Å². The van der Waals surface area contributed by atoms with Gasteiger partial charge >= 0.3 is 0 Å². The van der Waals surface area contributed by atoms with Crippen molar-refractivity contribution in [1.82, 2.24) is 10.3 Å². The lowest BCUT2D eigenvalue weighted by Gasteiger charge is -2.36. The number of Topliss-reactive ketones (excluding diaryl/α,β-unsaturated/α-hetero) is 1. The number of amides is 1. The quantitative estimate of drug-likeness (QED) is 0.557. The lowest BCUT2D eigenvalue weighted by molar-refractivity contribution is -0.116. The fourth-order valence-electron chi connectivity index (χ4n) is 4.64. The van der Waals surface area contributed by atoms with E-state index in [0.29, 0.717) is 41.1 Å². The van der Waals surface area contributed by atoms with E-state index in [-0.39, 0.29) is 23.4 Å². The Morgan fingerprint density at radius 1 is 1.12 bits per heavy atom. The molecule has 2 aliphatic rings. The number of dihydropyridines is 1. The first-order valence-corrected chi connectivity index (χ1v) is 11.6. The number of nitrogens with zero attached hydrogens (tertiary/aromatic N) is 1. The molecule has 5 nitrogen and oxygen atoms in total. The normalized spacial score (nSPS) is 20.4. The maximum absolute atomic E-state index is 13.5. The number of pyridine rings is 1. The highest BCUT2D eigenvalue weighted by atomic mass is 32.1. The fraction of sp³-hybridized carbons (Fsp3) is 0.192. The Morgan fingerprint density at radius 2 is 1.94 bits per heavy atom. The van der Waals surface area contributed by atoms with E-state index >= 15 is 0 Å². The van der Waals surface area contributed by atoms with Crippen molar-refractivity contribution < 1.29 is 14.0 Å². The number of allylic oxidation sites excluding steroid dienone is 3. The van der Waals surface area contributed by atoms with Gasteiger partial charge in [0.1, 0.15) is 5.82 Å². The summed E-state index contributed by atoms with van der Waals surface area (Å²) in [5.74, 6) is -1.15. The molecule has 0 bridgehead atoms. The number of thiophene rings is 1. The maximum Gasteiger partial charge on any atom is 0.254 e. The predicted molar refractivity (Wildman–Crippen MR) is 126 cm³/mol. The molecular weight excluding hydrogens is 437 g/mol. The summed E-state index contributed by atoms with van der Waals surface area (Å²) in [4.78, 5) is 32.6. The van der Waals surface area contributed by atoms with E-state index in [1.165, 1.54) is 29.1 Å². The minimum atomic E-state index is -0.570. The van der Waals surface area contributed by atoms with Crippen LogP contribution in [-0.2, 0) is 9.59 Å². The van der Waals surface area contributed by atoms with Crippen LogP contribution in [-0.4, -0.2) is 16.7 Å². The van der Waals surface area contributed by atoms with E-state index in [1.807, 2.05) is 36.6 Å². The van der Waals surface area contributed by atoms with Gasteiger partial charge in [0.2, 0.25) is 0 Å². The number of carbonyl (C=O) groups excluding carboxylic acids is 2. The van der Waals surface area contributed by atoms with Crippen LogP contribution >= 0.6 is 11.3 Å². The average molecular weight is 460 g/mol. The van der Waals surface area contributed by atoms with Crippen LogP contribution in [0.3, 0.4) is 0 Å². The molecule has 0 saturated heterocycles. The van der Waals surface area contributed by atoms with Crippen LogP contribution in [0.15, 0.2) is 88.7 Å². The largest absolute Gasteiger partial charge is 0.362 e. The second-order valence-corrected chi connectivity index (χ2v) is 9.23. The molecule has 1 aliphatic heterocycles. The molecule has 2 unspecified atom stereocenters. The first-order chi connectivity index (χ1) is 16.0. The van der Waals surface area contributed by atoms with Gasteiger partial charge in [-0.05, 0) is 61.2 Å². The molecule has 0 spiro atoms. The third kappa shape index (κ3) is 4.12. The van der Waals surface area contributed by atoms with Crippen LogP contribution in [0.25, 0.3) is 0 Å². The molecule has 0 fully saturated rings. The lowest BCUT2D eigenvalue weighted by Crippen LogP contribution is -2.37. The number of hydrogen-bond acceptors (Lipinski definition) is 5. The predicted octanol–water partition coefficient (Wildman–Crippen LogP) is 5.28. The second kappa shape index (κ2) is 8.75. The number of anilines is 1. The summed E-state index contributed by atoms with van der Waals surface area (Å²) < 4.78 is 13.3. The van der Waals surface area contributed by atoms with E-state index in [2.05, 4.69) is 21.7 Å². The van der Waals surface area contributed by atoms with Crippen molar-refractivity contribution in [3.05, 3.63) is 105 Å². The molecule has 0 saturated carbocycles. The Bertz CT molecular complexity index is 1260. The zero-order chi connectivity index (χ0) is 22.9. The van der Waals surface area contributed by atoms with Crippen molar-refractivity contribution in [2.24, 2.45) is 0 Å². The van der Waals surface area contributed by atoms with Crippen LogP contribution in [0.1, 0.15) is 42.2 Å². The molecule has 166 valence electrons. The van der Waals surface area contributed by atoms with Crippen molar-refractivity contribution >= 4 is 28.7 Å². The average Bonchev–Trinajstić information content (AvgIpc) is 3.35. The molecular formula is C26H22FN3O2S. The molecule has 7 heteroatoms. The summed E-state index contributed by atoms with van der Waals surface area (Å²) in [6.07, 6.45) is 2.77. The summed E-state index contributed by atoms with van der Waals surface area (Å²) in [5.41, 5.74) is 3.72. The second-order valence-electron chi connectivity index (χ2n) is 8.25. The maximum atomic E-state index is 13.5. The van der Waals surface area contributed by atoms with Gasteiger partial charge in [0.15, 0.2) is 5.78 Å². The first-order valence-electron chi connectivity index (χ1n) is 10.8. The molecule has 3 aromatic rings. The van der Waals surface area contributed by atoms with Crippen LogP contribution in [0, 0.1) is 5.82 Å². The molecule has 0 radical (unpaired) electrons. The molecule has 3 heterocycles. The van der Waals surface area contributed by atoms with E-state index in [1.54, 1.807) is 17.5 Å². The zero-order valence-electron chi connectivity index (χ0n) is 18.0. The van der Waals surface area contributed by atoms with Crippen LogP contribution in [0.2, 0.25) is 0 Å². The van der Waals surface area contributed by atoms with E-state index in [4.69, 9.17) is 0 Å². The summed E-state index contributed by atoms with van der Waals surface area (Å²) in [6, 6.07) is 15.2. The van der Waals surface area contributed by atoms with E-state index in [0.717, 1.165) is 5.70 Å². The van der Waals surface area contributed by atoms with Crippen LogP contribution < -0.4 is 10.6 Å². The van der Waals surface area contributed by atoms with Crippen LogP contribution in [0.5, 0.6) is 0 Å². The van der Waals surface area contributed by atoms with Gasteiger partial charge in [-0.25, -0.2) is 4.39 Å². The van der Waals surface area contributed by atoms with Crippen molar-refractivity contribution in [3.8, 4) is 0 Å². The number of carbonyl (C=O) groups is 2. The molecule has 2 aromatic heterocycles. The van der Waals surface area contributed by atoms with Gasteiger partial charge in [0.05, 0.1) is 11.6 Å². The Labute approximate surface area is 195 Å². The van der Waals surface area contributed by atoms with Crippen LogP contribution in [0.4, 0.5) is 10.1 Å². The van der Waals surface area contributed by atoms with Crippen molar-refractivity contribution in [2.75, 3.05) is 5.32 Å². The van der Waals surface area contributed by atoms with Crippen molar-refractivity contribution in [3.63, 3.8) is 0 Å². The highest BCUT2D eigenvalue weighted by molar-refractivity contribution is 7.10. The molecule has 1 amide bonds. The molecule has 2 atom stereocenters. The highest BCUT2D eigenvalue weighted by Gasteiger charge is 2.41. The van der Waals surface area contributed by atoms with Gasteiger partial charge < -0.3 is 10.6 Å². The Hall–Kier alpha value is -3.58. The smallest absolute Gasteiger partial charge is 0.254 e. The number of halogens is 1. The molecule has 2 N–H and O–H groups in total. The molecule has 1 aliphatic carbocycles. The van der Waals surface area contributed by atoms with Gasteiger partial charge in [-0.1, -0.05) is 12.1 Å². The molecule has 5 rings (SSSR count). The Balaban J connectivity index is 1.54. The number of ketones is 1. The Morgan fingerprint density at radius 3 is 2.64 bits per heavy atom. The topological polar surface area (TPSA) is 71.1 Å². The monoisotopic (exact) mass is 459 g/mol. The third-order valence-corrected chi connectivity index (χ3v) is 7.14. The minimum absolute atomic E-state index is 0.0254. The first kappa shape index (κ1) is 21.3. The van der Waals surface area contributed by atoms with E-state index < -0.39 is 5.92 Å². The highest BCUT2D eigenvalue weighted by Crippen LogP contribution is 2.45. The van der Waals surface area contributed by atoms with Gasteiger partial charge in [-0.15, -0.1) is 11.3 Å². The van der Waals surface area contributed by atoms with Gasteiger partial charge in [-0.2, -0.15) is 0 Å². The Kier molecular flexibility index (Phi) is 5.64. The van der Waals surface area contributed by atoms with E-state index in [9.17, 15) is 14.0 Å². The third-order valence-electron chi connectivity index (χ3n) is 6.10. The molecule has 1 aromatic carbocycles. The minimum Gasteiger partial charge on any atom is -0.362 e.